The summed E-state index contributed by atoms with van der Waals surface area (Å²) in [5, 5.41) is 3.13. The third-order valence-corrected chi connectivity index (χ3v) is 5.83. The van der Waals surface area contributed by atoms with Crippen LogP contribution in [0.15, 0.2) is 36.4 Å². The third kappa shape index (κ3) is 4.68. The Labute approximate surface area is 174 Å². The lowest BCUT2D eigenvalue weighted by Gasteiger charge is -2.21. The van der Waals surface area contributed by atoms with Gasteiger partial charge in [0.25, 0.3) is 5.91 Å². The van der Waals surface area contributed by atoms with Gasteiger partial charge in [0.15, 0.2) is 6.10 Å². The van der Waals surface area contributed by atoms with Crippen LogP contribution in [0.4, 0.5) is 11.4 Å². The molecule has 0 unspecified atom stereocenters. The van der Waals surface area contributed by atoms with Crippen LogP contribution in [0.25, 0.3) is 0 Å². The summed E-state index contributed by atoms with van der Waals surface area (Å²) < 4.78 is 42.0. The lowest BCUT2D eigenvalue weighted by molar-refractivity contribution is -0.122. The average molecular weight is 441 g/mol. The monoisotopic (exact) mass is 440 g/mol. The maximum atomic E-state index is 12.9. The molecule has 0 fully saturated rings. The molecule has 29 heavy (non-hydrogen) atoms. The Morgan fingerprint density at radius 3 is 2.62 bits per heavy atom. The molecule has 0 saturated heterocycles. The molecule has 1 N–H and O–H groups in total. The minimum Gasteiger partial charge on any atom is -0.497 e. The Balaban J connectivity index is 1.89. The zero-order valence-electron chi connectivity index (χ0n) is 16.1. The Kier molecular flexibility index (Phi) is 6.09. The third-order valence-electron chi connectivity index (χ3n) is 4.41. The van der Waals surface area contributed by atoms with E-state index in [-0.39, 0.29) is 18.7 Å². The molecule has 1 heterocycles. The molecular weight excluding hydrogens is 420 g/mol. The summed E-state index contributed by atoms with van der Waals surface area (Å²) >= 11 is 6.03. The number of benzene rings is 2. The van der Waals surface area contributed by atoms with Gasteiger partial charge in [0, 0.05) is 24.1 Å². The number of anilines is 2. The van der Waals surface area contributed by atoms with Crippen LogP contribution in [-0.2, 0) is 14.8 Å². The number of nitrogens with one attached hydrogen (secondary N) is 1. The van der Waals surface area contributed by atoms with Gasteiger partial charge in [-0.25, -0.2) is 8.42 Å². The number of amides is 1. The number of fused-ring (bicyclic) bond motifs is 1. The van der Waals surface area contributed by atoms with Gasteiger partial charge in [-0.2, -0.15) is 0 Å². The van der Waals surface area contributed by atoms with E-state index < -0.39 is 22.0 Å². The van der Waals surface area contributed by atoms with Crippen LogP contribution >= 0.6 is 11.6 Å². The summed E-state index contributed by atoms with van der Waals surface area (Å²) in [6.07, 6.45) is 0.328. The first-order valence-electron chi connectivity index (χ1n) is 8.69. The van der Waals surface area contributed by atoms with Gasteiger partial charge in [-0.3, -0.25) is 9.10 Å². The number of carbonyl (C=O) groups excluding carboxylic acids is 1. The highest BCUT2D eigenvalue weighted by atomic mass is 35.5. The fraction of sp³-hybridized carbons (Fsp3) is 0.316. The maximum absolute atomic E-state index is 12.9. The molecule has 0 bridgehead atoms. The van der Waals surface area contributed by atoms with Gasteiger partial charge < -0.3 is 19.5 Å². The fourth-order valence-electron chi connectivity index (χ4n) is 3.01. The normalized spacial score (nSPS) is 16.3. The summed E-state index contributed by atoms with van der Waals surface area (Å²) in [5.41, 5.74) is 0.718. The number of nitrogens with zero attached hydrogens (tertiary/aromatic N) is 1. The molecule has 1 aliphatic rings. The molecule has 2 aromatic carbocycles. The number of rotatable bonds is 5. The minimum absolute atomic E-state index is 0.0690. The molecule has 1 aliphatic heterocycles. The van der Waals surface area contributed by atoms with Crippen LogP contribution in [0.5, 0.6) is 17.2 Å². The molecule has 1 atom stereocenters. The molecule has 0 spiro atoms. The second kappa shape index (κ2) is 8.38. The van der Waals surface area contributed by atoms with Crippen molar-refractivity contribution in [1.82, 2.24) is 0 Å². The average Bonchev–Trinajstić information content (AvgIpc) is 2.87. The SMILES string of the molecule is COc1ccc(OC)c(NC(=O)[C@@H]2CCN(S(C)(=O)=O)c3cc(Cl)ccc3O2)c1. The van der Waals surface area contributed by atoms with Crippen LogP contribution in [0, 0.1) is 0 Å². The van der Waals surface area contributed by atoms with Crippen LogP contribution in [0.2, 0.25) is 5.02 Å². The van der Waals surface area contributed by atoms with Gasteiger partial charge in [0.05, 0.1) is 31.9 Å². The van der Waals surface area contributed by atoms with Crippen molar-refractivity contribution in [3.05, 3.63) is 41.4 Å². The first-order chi connectivity index (χ1) is 13.7. The molecule has 0 aliphatic carbocycles. The van der Waals surface area contributed by atoms with E-state index in [9.17, 15) is 13.2 Å². The van der Waals surface area contributed by atoms with Gasteiger partial charge in [-0.1, -0.05) is 11.6 Å². The zero-order chi connectivity index (χ0) is 21.2. The molecular formula is C19H21ClN2O6S. The fourth-order valence-corrected chi connectivity index (χ4v) is 4.11. The number of carbonyl (C=O) groups is 1. The summed E-state index contributed by atoms with van der Waals surface area (Å²) in [5.74, 6) is 0.826. The van der Waals surface area contributed by atoms with Crippen molar-refractivity contribution in [2.75, 3.05) is 36.6 Å². The van der Waals surface area contributed by atoms with Crippen molar-refractivity contribution in [3.63, 3.8) is 0 Å². The summed E-state index contributed by atoms with van der Waals surface area (Å²) in [4.78, 5) is 12.9. The van der Waals surface area contributed by atoms with E-state index in [0.717, 1.165) is 6.26 Å². The van der Waals surface area contributed by atoms with Crippen molar-refractivity contribution in [2.24, 2.45) is 0 Å². The summed E-state index contributed by atoms with van der Waals surface area (Å²) in [7, 11) is -0.573. The number of hydrogen-bond acceptors (Lipinski definition) is 6. The zero-order valence-corrected chi connectivity index (χ0v) is 17.7. The van der Waals surface area contributed by atoms with Gasteiger partial charge in [-0.05, 0) is 30.3 Å². The van der Waals surface area contributed by atoms with Crippen LogP contribution in [0.1, 0.15) is 6.42 Å². The van der Waals surface area contributed by atoms with Crippen molar-refractivity contribution in [1.29, 1.82) is 0 Å². The molecule has 1 amide bonds. The lowest BCUT2D eigenvalue weighted by atomic mass is 10.2. The van der Waals surface area contributed by atoms with Crippen LogP contribution in [0.3, 0.4) is 0 Å². The number of halogens is 1. The van der Waals surface area contributed by atoms with Crippen molar-refractivity contribution in [3.8, 4) is 17.2 Å². The predicted octanol–water partition coefficient (Wildman–Crippen LogP) is 2.91. The van der Waals surface area contributed by atoms with Crippen LogP contribution in [-0.4, -0.2) is 47.4 Å². The Morgan fingerprint density at radius 2 is 1.97 bits per heavy atom. The Morgan fingerprint density at radius 1 is 1.21 bits per heavy atom. The van der Waals surface area contributed by atoms with Crippen LogP contribution < -0.4 is 23.8 Å². The second-order valence-electron chi connectivity index (χ2n) is 6.40. The Hall–Kier alpha value is -2.65. The smallest absolute Gasteiger partial charge is 0.265 e. The summed E-state index contributed by atoms with van der Waals surface area (Å²) in [6.45, 7) is 0.0690. The Bertz CT molecular complexity index is 1030. The highest BCUT2D eigenvalue weighted by Crippen LogP contribution is 2.37. The number of methoxy groups -OCH3 is 2. The molecule has 0 aromatic heterocycles. The number of ether oxygens (including phenoxy) is 3. The van der Waals surface area contributed by atoms with Gasteiger partial charge in [0.2, 0.25) is 10.0 Å². The van der Waals surface area contributed by atoms with E-state index >= 15 is 0 Å². The molecule has 10 heteroatoms. The molecule has 3 rings (SSSR count). The minimum atomic E-state index is -3.58. The number of sulfonamides is 1. The standard InChI is InChI=1S/C19H21ClN2O6S/c1-26-13-5-7-16(27-2)14(11-13)21-19(23)18-8-9-22(29(3,24)25)15-10-12(20)4-6-17(15)28-18/h4-7,10-11,18H,8-9H2,1-3H3,(H,21,23)/t18-/m0/s1. The highest BCUT2D eigenvalue weighted by molar-refractivity contribution is 7.92. The molecule has 156 valence electrons. The van der Waals surface area contributed by atoms with E-state index in [2.05, 4.69) is 5.32 Å². The highest BCUT2D eigenvalue weighted by Gasteiger charge is 2.31. The number of hydrogen-bond donors (Lipinski definition) is 1. The first kappa shape index (κ1) is 21.1. The predicted molar refractivity (Wildman–Crippen MR) is 111 cm³/mol. The van der Waals surface area contributed by atoms with Crippen molar-refractivity contribution in [2.45, 2.75) is 12.5 Å². The molecule has 2 aromatic rings. The summed E-state index contributed by atoms with van der Waals surface area (Å²) in [6, 6.07) is 9.64. The van der Waals surface area contributed by atoms with Crippen molar-refractivity contribution >= 4 is 38.9 Å². The van der Waals surface area contributed by atoms with E-state index in [4.69, 9.17) is 25.8 Å². The topological polar surface area (TPSA) is 94.2 Å². The quantitative estimate of drug-likeness (QED) is 0.768. The maximum Gasteiger partial charge on any atom is 0.265 e. The van der Waals surface area contributed by atoms with Gasteiger partial charge >= 0.3 is 0 Å². The van der Waals surface area contributed by atoms with Gasteiger partial charge in [0.1, 0.15) is 17.2 Å². The van der Waals surface area contributed by atoms with E-state index in [1.807, 2.05) is 0 Å². The van der Waals surface area contributed by atoms with Gasteiger partial charge in [-0.15, -0.1) is 0 Å². The molecule has 0 saturated carbocycles. The molecule has 8 nitrogen and oxygen atoms in total. The first-order valence-corrected chi connectivity index (χ1v) is 10.9. The van der Waals surface area contributed by atoms with E-state index in [0.29, 0.717) is 27.9 Å². The lowest BCUT2D eigenvalue weighted by Crippen LogP contribution is -2.36. The molecule has 0 radical (unpaired) electrons. The van der Waals surface area contributed by atoms with Crippen molar-refractivity contribution < 1.29 is 27.4 Å². The van der Waals surface area contributed by atoms with E-state index in [1.54, 1.807) is 30.3 Å². The largest absolute Gasteiger partial charge is 0.497 e. The second-order valence-corrected chi connectivity index (χ2v) is 8.74. The van der Waals surface area contributed by atoms with E-state index in [1.165, 1.54) is 24.6 Å².